The zero-order valence-corrected chi connectivity index (χ0v) is 22.3. The van der Waals surface area contributed by atoms with Gasteiger partial charge in [-0.15, -0.1) is 0 Å². The Balaban J connectivity index is 3.21. The van der Waals surface area contributed by atoms with Gasteiger partial charge >= 0.3 is 7.82 Å². The van der Waals surface area contributed by atoms with E-state index < -0.39 is 13.4 Å². The summed E-state index contributed by atoms with van der Waals surface area (Å²) in [6.45, 7) is 6.95. The van der Waals surface area contributed by atoms with Crippen molar-refractivity contribution in [3.63, 3.8) is 0 Å². The molecule has 1 unspecified atom stereocenters. The van der Waals surface area contributed by atoms with Gasteiger partial charge in [-0.1, -0.05) is 103 Å². The van der Waals surface area contributed by atoms with Crippen LogP contribution < -0.4 is 5.32 Å². The van der Waals surface area contributed by atoms with Crippen LogP contribution in [0.15, 0.2) is 0 Å². The molecule has 0 aromatic carbocycles. The van der Waals surface area contributed by atoms with Gasteiger partial charge in [0.2, 0.25) is 0 Å². The van der Waals surface area contributed by atoms with Gasteiger partial charge in [0, 0.05) is 0 Å². The van der Waals surface area contributed by atoms with E-state index in [4.69, 9.17) is 9.05 Å². The van der Waals surface area contributed by atoms with Gasteiger partial charge < -0.3 is 15.3 Å². The number of hydrogen-bond acceptors (Lipinski definition) is 5. The Morgan fingerprint density at radius 2 is 1.09 bits per heavy atom. The highest BCUT2D eigenvalue weighted by atomic mass is 31.2. The Labute approximate surface area is 198 Å². The van der Waals surface area contributed by atoms with E-state index in [0.29, 0.717) is 6.42 Å². The fraction of sp³-hybridized carbons (Fsp3) is 1.00. The quantitative estimate of drug-likeness (QED) is 0.0953. The molecule has 7 heteroatoms. The van der Waals surface area contributed by atoms with Crippen LogP contribution in [-0.2, 0) is 13.6 Å². The second-order valence-electron chi connectivity index (χ2n) is 9.79. The minimum atomic E-state index is -4.07. The minimum Gasteiger partial charge on any atom is -0.388 e. The lowest BCUT2D eigenvalue weighted by Gasteiger charge is -2.19. The van der Waals surface area contributed by atoms with Gasteiger partial charge in [-0.25, -0.2) is 4.57 Å². The summed E-state index contributed by atoms with van der Waals surface area (Å²) in [4.78, 5) is 9.52. The van der Waals surface area contributed by atoms with Crippen LogP contribution in [0, 0.1) is 0 Å². The van der Waals surface area contributed by atoms with Crippen molar-refractivity contribution in [1.82, 2.24) is 5.32 Å². The molecule has 32 heavy (non-hydrogen) atoms. The maximum atomic E-state index is 11.6. The lowest BCUT2D eigenvalue weighted by atomic mass is 10.0. The predicted molar refractivity (Wildman–Crippen MR) is 135 cm³/mol. The summed E-state index contributed by atoms with van der Waals surface area (Å²) < 4.78 is 21.3. The minimum absolute atomic E-state index is 0.158. The van der Waals surface area contributed by atoms with Gasteiger partial charge in [0.25, 0.3) is 0 Å². The first kappa shape index (κ1) is 32.0. The van der Waals surface area contributed by atoms with E-state index in [2.05, 4.69) is 12.2 Å². The Bertz CT molecular complexity index is 443. The summed E-state index contributed by atoms with van der Waals surface area (Å²) >= 11 is 0. The van der Waals surface area contributed by atoms with E-state index in [1.165, 1.54) is 117 Å². The van der Waals surface area contributed by atoms with E-state index in [0.717, 1.165) is 13.1 Å². The van der Waals surface area contributed by atoms with Crippen molar-refractivity contribution in [2.45, 2.75) is 136 Å². The van der Waals surface area contributed by atoms with Gasteiger partial charge in [-0.2, -0.15) is 0 Å². The maximum Gasteiger partial charge on any atom is 0.472 e. The molecule has 0 radical (unpaired) electrons. The molecule has 0 saturated heterocycles. The molecular weight excluding hydrogens is 425 g/mol. The number of phosphoric acid groups is 1. The number of phosphoric ester groups is 1. The van der Waals surface area contributed by atoms with Crippen molar-refractivity contribution in [2.75, 3.05) is 26.3 Å². The summed E-state index contributed by atoms with van der Waals surface area (Å²) in [5, 5.41) is 12.8. The highest BCUT2D eigenvalue weighted by Crippen LogP contribution is 2.43. The molecular formula is C25H54NO5P. The Hall–Kier alpha value is 0.0300. The normalized spacial score (nSPS) is 14.0. The molecule has 0 aromatic rings. The van der Waals surface area contributed by atoms with Crippen molar-refractivity contribution >= 4 is 7.82 Å². The standard InChI is InChI=1S/C25H54NO5P/c1-4-5-6-7-8-9-10-11-12-13-14-15-16-17-18-19-21-26-22-20-23-30-32(28,29)31-24-25(2,3)27/h26-27H,4-24H2,1-3H3,(H,28,29). The maximum absolute atomic E-state index is 11.6. The molecule has 0 bridgehead atoms. The molecule has 0 aliphatic heterocycles. The van der Waals surface area contributed by atoms with Crippen LogP contribution in [0.25, 0.3) is 0 Å². The van der Waals surface area contributed by atoms with Crippen LogP contribution in [0.5, 0.6) is 0 Å². The van der Waals surface area contributed by atoms with Gasteiger partial charge in [0.1, 0.15) is 0 Å². The average molecular weight is 480 g/mol. The molecule has 0 amide bonds. The molecule has 0 heterocycles. The smallest absolute Gasteiger partial charge is 0.388 e. The van der Waals surface area contributed by atoms with Crippen molar-refractivity contribution in [1.29, 1.82) is 0 Å². The third-order valence-corrected chi connectivity index (χ3v) is 6.50. The molecule has 0 spiro atoms. The summed E-state index contributed by atoms with van der Waals surface area (Å²) in [5.74, 6) is 0. The van der Waals surface area contributed by atoms with Crippen molar-refractivity contribution in [3.05, 3.63) is 0 Å². The number of unbranched alkanes of at least 4 members (excludes halogenated alkanes) is 15. The Kier molecular flexibility index (Phi) is 21.6. The van der Waals surface area contributed by atoms with Gasteiger partial charge in [-0.05, 0) is 39.8 Å². The first-order chi connectivity index (χ1) is 15.3. The van der Waals surface area contributed by atoms with Crippen LogP contribution in [0.1, 0.15) is 130 Å². The molecule has 0 fully saturated rings. The predicted octanol–water partition coefficient (Wildman–Crippen LogP) is 7.13. The topological polar surface area (TPSA) is 88.0 Å². The van der Waals surface area contributed by atoms with E-state index in [-0.39, 0.29) is 13.2 Å². The monoisotopic (exact) mass is 479 g/mol. The molecule has 0 saturated carbocycles. The SMILES string of the molecule is CCCCCCCCCCCCCCCCCCNCCCOP(=O)(O)OCC(C)(C)O. The molecule has 3 N–H and O–H groups in total. The van der Waals surface area contributed by atoms with Gasteiger partial charge in [0.15, 0.2) is 0 Å². The van der Waals surface area contributed by atoms with Crippen LogP contribution >= 0.6 is 7.82 Å². The van der Waals surface area contributed by atoms with Crippen LogP contribution in [0.2, 0.25) is 0 Å². The summed E-state index contributed by atoms with van der Waals surface area (Å²) in [6, 6.07) is 0. The lowest BCUT2D eigenvalue weighted by Crippen LogP contribution is -2.25. The van der Waals surface area contributed by atoms with E-state index >= 15 is 0 Å². The van der Waals surface area contributed by atoms with Crippen LogP contribution in [-0.4, -0.2) is 41.9 Å². The molecule has 0 aromatic heterocycles. The number of aliphatic hydroxyl groups is 1. The first-order valence-electron chi connectivity index (χ1n) is 13.3. The molecule has 0 rings (SSSR count). The zero-order chi connectivity index (χ0) is 24.0. The number of nitrogens with one attached hydrogen (secondary N) is 1. The summed E-state index contributed by atoms with van der Waals surface area (Å²) in [5.41, 5.74) is -1.16. The van der Waals surface area contributed by atoms with E-state index in [9.17, 15) is 14.6 Å². The second kappa shape index (κ2) is 21.6. The third-order valence-electron chi connectivity index (χ3n) is 5.54. The average Bonchev–Trinajstić information content (AvgIpc) is 2.73. The summed E-state index contributed by atoms with van der Waals surface area (Å²) in [6.07, 6.45) is 22.7. The van der Waals surface area contributed by atoms with Gasteiger partial charge in [-0.3, -0.25) is 9.05 Å². The number of hydrogen-bond donors (Lipinski definition) is 3. The number of rotatable bonds is 25. The molecule has 6 nitrogen and oxygen atoms in total. The third kappa shape index (κ3) is 26.3. The van der Waals surface area contributed by atoms with Gasteiger partial charge in [0.05, 0.1) is 18.8 Å². The van der Waals surface area contributed by atoms with Crippen molar-refractivity contribution in [3.8, 4) is 0 Å². The first-order valence-corrected chi connectivity index (χ1v) is 14.8. The van der Waals surface area contributed by atoms with Crippen molar-refractivity contribution < 1.29 is 23.6 Å². The molecule has 0 aliphatic rings. The molecule has 0 aliphatic carbocycles. The second-order valence-corrected chi connectivity index (χ2v) is 11.2. The Morgan fingerprint density at radius 3 is 1.53 bits per heavy atom. The highest BCUT2D eigenvalue weighted by molar-refractivity contribution is 7.47. The van der Waals surface area contributed by atoms with E-state index in [1.807, 2.05) is 0 Å². The highest BCUT2D eigenvalue weighted by Gasteiger charge is 2.25. The fourth-order valence-electron chi connectivity index (χ4n) is 3.58. The largest absolute Gasteiger partial charge is 0.472 e. The van der Waals surface area contributed by atoms with Crippen LogP contribution in [0.4, 0.5) is 0 Å². The molecule has 194 valence electrons. The van der Waals surface area contributed by atoms with Crippen molar-refractivity contribution in [2.24, 2.45) is 0 Å². The Morgan fingerprint density at radius 1 is 0.688 bits per heavy atom. The molecule has 1 atom stereocenters. The van der Waals surface area contributed by atoms with E-state index in [1.54, 1.807) is 0 Å². The van der Waals surface area contributed by atoms with Crippen LogP contribution in [0.3, 0.4) is 0 Å². The fourth-order valence-corrected chi connectivity index (χ4v) is 4.49. The summed E-state index contributed by atoms with van der Waals surface area (Å²) in [7, 11) is -4.07. The lowest BCUT2D eigenvalue weighted by molar-refractivity contribution is 0.0114. The zero-order valence-electron chi connectivity index (χ0n) is 21.4.